The highest BCUT2D eigenvalue weighted by atomic mass is 16.3. The highest BCUT2D eigenvalue weighted by Gasteiger charge is 2.14. The molecule has 1 heterocycles. The Balaban J connectivity index is 0.000000144. The molecule has 0 aliphatic carbocycles. The summed E-state index contributed by atoms with van der Waals surface area (Å²) in [7, 11) is 0. The molecule has 76 valence electrons. The summed E-state index contributed by atoms with van der Waals surface area (Å²) in [6.45, 7) is 1.73. The van der Waals surface area contributed by atoms with Gasteiger partial charge in [-0.2, -0.15) is 0 Å². The maximum absolute atomic E-state index is 9.24. The van der Waals surface area contributed by atoms with Crippen molar-refractivity contribution in [1.29, 1.82) is 0 Å². The first kappa shape index (κ1) is 9.65. The van der Waals surface area contributed by atoms with E-state index in [1.807, 2.05) is 0 Å². The van der Waals surface area contributed by atoms with Crippen LogP contribution in [0.3, 0.4) is 0 Å². The van der Waals surface area contributed by atoms with Crippen molar-refractivity contribution >= 4 is 10.8 Å². The van der Waals surface area contributed by atoms with E-state index in [1.54, 1.807) is 0 Å². The van der Waals surface area contributed by atoms with Crippen LogP contribution in [-0.2, 0) is 0 Å². The third-order valence-electron chi connectivity index (χ3n) is 2.20. The molecule has 1 fully saturated rings. The Kier molecular flexibility index (Phi) is 2.93. The number of benzene rings is 2. The van der Waals surface area contributed by atoms with Crippen molar-refractivity contribution in [2.24, 2.45) is 5.29 Å². The average Bonchev–Trinajstić information content (AvgIpc) is 3.14. The van der Waals surface area contributed by atoms with Crippen molar-refractivity contribution in [3.05, 3.63) is 53.4 Å². The summed E-state index contributed by atoms with van der Waals surface area (Å²) in [5.74, 6) is 0. The lowest BCUT2D eigenvalue weighted by atomic mass is 10.1. The van der Waals surface area contributed by atoms with Crippen LogP contribution in [0.5, 0.6) is 0 Å². The molecular formula is C12H12N2O. The zero-order chi connectivity index (χ0) is 10.5. The second-order valence-corrected chi connectivity index (χ2v) is 3.38. The predicted octanol–water partition coefficient (Wildman–Crippen LogP) is 2.82. The summed E-state index contributed by atoms with van der Waals surface area (Å²) >= 11 is 0. The van der Waals surface area contributed by atoms with Crippen LogP contribution in [0.1, 0.15) is 0 Å². The van der Waals surface area contributed by atoms with Gasteiger partial charge in [0.25, 0.3) is 0 Å². The largest absolute Gasteiger partial charge is 0.257 e. The van der Waals surface area contributed by atoms with Crippen LogP contribution >= 0.6 is 0 Å². The fourth-order valence-corrected chi connectivity index (χ4v) is 1.26. The molecule has 3 nitrogen and oxygen atoms in total. The van der Waals surface area contributed by atoms with E-state index in [-0.39, 0.29) is 0 Å². The monoisotopic (exact) mass is 200 g/mol. The van der Waals surface area contributed by atoms with Crippen LogP contribution in [0.4, 0.5) is 0 Å². The van der Waals surface area contributed by atoms with Gasteiger partial charge in [-0.25, -0.2) is 0 Å². The maximum Gasteiger partial charge on any atom is 0.0586 e. The minimum absolute atomic E-state index is 0.865. The minimum Gasteiger partial charge on any atom is -0.257 e. The summed E-state index contributed by atoms with van der Waals surface area (Å²) in [6, 6.07) is 16.7. The lowest BCUT2D eigenvalue weighted by Gasteiger charge is -1.92. The van der Waals surface area contributed by atoms with Gasteiger partial charge in [-0.15, -0.1) is 4.91 Å². The summed E-state index contributed by atoms with van der Waals surface area (Å²) in [6.07, 6.45) is 0. The fraction of sp³-hybridized carbons (Fsp3) is 0.167. The molecule has 0 spiro atoms. The Hall–Kier alpha value is -1.90. The molecule has 0 unspecified atom stereocenters. The molecule has 1 saturated heterocycles. The summed E-state index contributed by atoms with van der Waals surface area (Å²) in [5.41, 5.74) is 0. The molecule has 1 aliphatic rings. The standard InChI is InChI=1S/C10H8.C2H4N2O/c1-2-6-10-8-4-3-7-9(10)5-1;5-3-4-1-2-4/h1-8H;1-2H2. The number of nitroso groups, excluding NO2 is 1. The second-order valence-electron chi connectivity index (χ2n) is 3.38. The predicted molar refractivity (Wildman–Crippen MR) is 61.3 cm³/mol. The van der Waals surface area contributed by atoms with Gasteiger partial charge in [0.15, 0.2) is 0 Å². The SMILES string of the molecule is O=NN1CC1.c1ccc2ccccc2c1. The molecule has 3 rings (SSSR count). The van der Waals surface area contributed by atoms with Gasteiger partial charge in [-0.05, 0) is 10.8 Å². The molecule has 0 bridgehead atoms. The van der Waals surface area contributed by atoms with Crippen molar-refractivity contribution < 1.29 is 0 Å². The smallest absolute Gasteiger partial charge is 0.0586 e. The van der Waals surface area contributed by atoms with E-state index in [1.165, 1.54) is 15.8 Å². The second kappa shape index (κ2) is 4.55. The van der Waals surface area contributed by atoms with Crippen LogP contribution in [0.15, 0.2) is 53.8 Å². The molecule has 2 aromatic rings. The quantitative estimate of drug-likeness (QED) is 0.523. The van der Waals surface area contributed by atoms with Gasteiger partial charge < -0.3 is 0 Å². The molecule has 0 saturated carbocycles. The molecular weight excluding hydrogens is 188 g/mol. The number of fused-ring (bicyclic) bond motifs is 1. The van der Waals surface area contributed by atoms with E-state index in [0.717, 1.165) is 13.1 Å². The van der Waals surface area contributed by atoms with Gasteiger partial charge in [-0.3, -0.25) is 5.01 Å². The Labute approximate surface area is 88.3 Å². The van der Waals surface area contributed by atoms with Gasteiger partial charge in [0.05, 0.1) is 18.4 Å². The number of hydrogen-bond donors (Lipinski definition) is 0. The van der Waals surface area contributed by atoms with Gasteiger partial charge in [0, 0.05) is 0 Å². The van der Waals surface area contributed by atoms with Crippen molar-refractivity contribution in [1.82, 2.24) is 5.01 Å². The number of hydrogen-bond acceptors (Lipinski definition) is 2. The van der Waals surface area contributed by atoms with E-state index in [0.29, 0.717) is 0 Å². The lowest BCUT2D eigenvalue weighted by molar-refractivity contribution is 0.599. The van der Waals surface area contributed by atoms with Gasteiger partial charge in [-0.1, -0.05) is 48.5 Å². The summed E-state index contributed by atoms with van der Waals surface area (Å²) < 4.78 is 0. The highest BCUT2D eigenvalue weighted by molar-refractivity contribution is 5.81. The van der Waals surface area contributed by atoms with Crippen molar-refractivity contribution in [3.63, 3.8) is 0 Å². The van der Waals surface area contributed by atoms with Crippen LogP contribution in [-0.4, -0.2) is 18.1 Å². The molecule has 15 heavy (non-hydrogen) atoms. The topological polar surface area (TPSA) is 32.4 Å². The number of rotatable bonds is 1. The van der Waals surface area contributed by atoms with E-state index in [2.05, 4.69) is 53.8 Å². The zero-order valence-corrected chi connectivity index (χ0v) is 8.34. The molecule has 0 N–H and O–H groups in total. The zero-order valence-electron chi connectivity index (χ0n) is 8.34. The Morgan fingerprint density at radius 2 is 1.27 bits per heavy atom. The lowest BCUT2D eigenvalue weighted by Crippen LogP contribution is -1.73. The van der Waals surface area contributed by atoms with E-state index >= 15 is 0 Å². The van der Waals surface area contributed by atoms with Gasteiger partial charge in [0.1, 0.15) is 0 Å². The van der Waals surface area contributed by atoms with Crippen LogP contribution in [0, 0.1) is 4.91 Å². The van der Waals surface area contributed by atoms with Gasteiger partial charge in [0.2, 0.25) is 0 Å². The molecule has 0 amide bonds. The molecule has 3 heteroatoms. The van der Waals surface area contributed by atoms with E-state index in [4.69, 9.17) is 0 Å². The van der Waals surface area contributed by atoms with Crippen LogP contribution in [0.25, 0.3) is 10.8 Å². The van der Waals surface area contributed by atoms with Gasteiger partial charge >= 0.3 is 0 Å². The average molecular weight is 200 g/mol. The Bertz CT molecular complexity index is 387. The third-order valence-corrected chi connectivity index (χ3v) is 2.20. The molecule has 0 radical (unpaired) electrons. The Morgan fingerprint density at radius 3 is 1.47 bits per heavy atom. The fourth-order valence-electron chi connectivity index (χ4n) is 1.26. The van der Waals surface area contributed by atoms with Crippen molar-refractivity contribution in [2.45, 2.75) is 0 Å². The number of nitrogens with zero attached hydrogens (tertiary/aromatic N) is 2. The van der Waals surface area contributed by atoms with Crippen LogP contribution in [0.2, 0.25) is 0 Å². The van der Waals surface area contributed by atoms with E-state index in [9.17, 15) is 4.91 Å². The normalized spacial score (nSPS) is 12.9. The minimum atomic E-state index is 0.865. The molecule has 2 aromatic carbocycles. The van der Waals surface area contributed by atoms with Crippen molar-refractivity contribution in [3.8, 4) is 0 Å². The highest BCUT2D eigenvalue weighted by Crippen LogP contribution is 2.11. The van der Waals surface area contributed by atoms with Crippen LogP contribution < -0.4 is 0 Å². The first-order valence-electron chi connectivity index (χ1n) is 4.92. The molecule has 0 aromatic heterocycles. The summed E-state index contributed by atoms with van der Waals surface area (Å²) in [5, 5.41) is 6.65. The van der Waals surface area contributed by atoms with E-state index < -0.39 is 0 Å². The maximum atomic E-state index is 9.24. The molecule has 0 atom stereocenters. The first-order chi connectivity index (χ1) is 7.40. The molecule has 1 aliphatic heterocycles. The summed E-state index contributed by atoms with van der Waals surface area (Å²) in [4.78, 5) is 9.24. The Morgan fingerprint density at radius 1 is 0.867 bits per heavy atom. The third kappa shape index (κ3) is 2.77. The first-order valence-corrected chi connectivity index (χ1v) is 4.92. The van der Waals surface area contributed by atoms with Crippen molar-refractivity contribution in [2.75, 3.05) is 13.1 Å².